The molecular weight excluding hydrogens is 746 g/mol. The molecular formula is C39H42F6N6O5. The van der Waals surface area contributed by atoms with E-state index in [2.05, 4.69) is 10.3 Å². The van der Waals surface area contributed by atoms with Crippen LogP contribution < -0.4 is 15.4 Å². The maximum absolute atomic E-state index is 13.9. The van der Waals surface area contributed by atoms with Crippen molar-refractivity contribution in [1.29, 1.82) is 0 Å². The highest BCUT2D eigenvalue weighted by Gasteiger charge is 2.38. The van der Waals surface area contributed by atoms with Crippen LogP contribution in [0.5, 0.6) is 5.75 Å². The van der Waals surface area contributed by atoms with Crippen LogP contribution >= 0.6 is 0 Å². The van der Waals surface area contributed by atoms with Crippen LogP contribution in [0.3, 0.4) is 0 Å². The molecule has 4 heterocycles. The third-order valence-corrected chi connectivity index (χ3v) is 9.91. The Morgan fingerprint density at radius 3 is 2.48 bits per heavy atom. The molecule has 0 saturated carbocycles. The summed E-state index contributed by atoms with van der Waals surface area (Å²) in [7, 11) is 0. The maximum atomic E-state index is 13.9. The van der Waals surface area contributed by atoms with Gasteiger partial charge in [0.25, 0.3) is 0 Å². The number of aromatic nitrogens is 2. The van der Waals surface area contributed by atoms with Crippen molar-refractivity contribution in [1.82, 2.24) is 30.0 Å². The lowest BCUT2D eigenvalue weighted by Crippen LogP contribution is -2.60. The van der Waals surface area contributed by atoms with Gasteiger partial charge in [-0.25, -0.2) is 0 Å². The fraction of sp³-hybridized carbons (Fsp3) is 0.410. The lowest BCUT2D eigenvalue weighted by atomic mass is 9.91. The molecule has 1 unspecified atom stereocenters. The number of rotatable bonds is 13. The Labute approximate surface area is 318 Å². The lowest BCUT2D eigenvalue weighted by molar-refractivity contribution is -0.143. The molecule has 2 amide bonds. The van der Waals surface area contributed by atoms with Gasteiger partial charge in [-0.2, -0.15) is 26.3 Å². The van der Waals surface area contributed by atoms with E-state index in [1.807, 2.05) is 10.2 Å². The Balaban J connectivity index is 1.16. The molecule has 2 aromatic carbocycles. The van der Waals surface area contributed by atoms with E-state index < -0.39 is 66.5 Å². The zero-order valence-electron chi connectivity index (χ0n) is 30.1. The van der Waals surface area contributed by atoms with E-state index >= 15 is 0 Å². The summed E-state index contributed by atoms with van der Waals surface area (Å²) in [5, 5.41) is 27.1. The van der Waals surface area contributed by atoms with Gasteiger partial charge in [-0.05, 0) is 54.3 Å². The summed E-state index contributed by atoms with van der Waals surface area (Å²) in [5.41, 5.74) is 1.03. The van der Waals surface area contributed by atoms with Gasteiger partial charge in [-0.15, -0.1) is 0 Å². The quantitative estimate of drug-likeness (QED) is 0.148. The van der Waals surface area contributed by atoms with E-state index in [1.54, 1.807) is 59.8 Å². The van der Waals surface area contributed by atoms with Gasteiger partial charge in [-0.3, -0.25) is 24.4 Å². The highest BCUT2D eigenvalue weighted by molar-refractivity contribution is 5.82. The summed E-state index contributed by atoms with van der Waals surface area (Å²) in [6.45, 7) is -1.13. The van der Waals surface area contributed by atoms with Gasteiger partial charge >= 0.3 is 12.4 Å². The summed E-state index contributed by atoms with van der Waals surface area (Å²) >= 11 is 0. The van der Waals surface area contributed by atoms with Crippen LogP contribution in [-0.2, 0) is 28.7 Å². The fourth-order valence-corrected chi connectivity index (χ4v) is 7.23. The number of nitrogens with one attached hydrogen (secondary N) is 2. The van der Waals surface area contributed by atoms with E-state index in [0.717, 1.165) is 6.07 Å². The largest absolute Gasteiger partial charge is 0.490 e. The van der Waals surface area contributed by atoms with Crippen molar-refractivity contribution in [3.63, 3.8) is 0 Å². The Kier molecular flexibility index (Phi) is 12.7. The Bertz CT molecular complexity index is 1940. The maximum Gasteiger partial charge on any atom is 0.418 e. The van der Waals surface area contributed by atoms with Crippen LogP contribution in [0.1, 0.15) is 34.7 Å². The van der Waals surface area contributed by atoms with E-state index in [0.29, 0.717) is 29.0 Å². The number of aliphatic hydroxyl groups excluding tert-OH is 2. The molecule has 11 nitrogen and oxygen atoms in total. The number of fused-ring (bicyclic) bond motifs is 1. The number of amides is 2. The second-order valence-electron chi connectivity index (χ2n) is 14.1. The number of para-hydroxylation sites is 2. The number of β-amino-alcohol motifs (C(OH)–C–C–N with tert-alkyl or cyclic N) is 1. The predicted octanol–water partition coefficient (Wildman–Crippen LogP) is 4.28. The number of nitrogens with zero attached hydrogens (tertiary/aromatic N) is 4. The molecule has 5 atom stereocenters. The smallest absolute Gasteiger partial charge is 0.418 e. The zero-order chi connectivity index (χ0) is 40.0. The number of hydrogen-bond donors (Lipinski definition) is 4. The first kappa shape index (κ1) is 40.7. The molecule has 0 radical (unpaired) electrons. The molecule has 17 heteroatoms. The van der Waals surface area contributed by atoms with Crippen LogP contribution in [0.15, 0.2) is 91.5 Å². The molecule has 2 aromatic heterocycles. The van der Waals surface area contributed by atoms with Crippen LogP contribution in [-0.4, -0.2) is 105 Å². The molecule has 4 aromatic rings. The minimum atomic E-state index is -4.67. The van der Waals surface area contributed by atoms with Gasteiger partial charge in [0.2, 0.25) is 11.8 Å². The summed E-state index contributed by atoms with van der Waals surface area (Å²) in [6, 6.07) is 15.3. The lowest BCUT2D eigenvalue weighted by Gasteiger charge is -2.41. The fourth-order valence-electron chi connectivity index (χ4n) is 7.23. The topological polar surface area (TPSA) is 132 Å². The number of hydrogen-bond acceptors (Lipinski definition) is 8. The average molecular weight is 789 g/mol. The molecule has 300 valence electrons. The van der Waals surface area contributed by atoms with Crippen LogP contribution in [0.25, 0.3) is 5.69 Å². The van der Waals surface area contributed by atoms with Gasteiger partial charge < -0.3 is 30.2 Å². The van der Waals surface area contributed by atoms with Crippen LogP contribution in [0.2, 0.25) is 0 Å². The highest BCUT2D eigenvalue weighted by atomic mass is 19.4. The van der Waals surface area contributed by atoms with Crippen molar-refractivity contribution < 1.29 is 50.9 Å². The van der Waals surface area contributed by atoms with Crippen molar-refractivity contribution in [3.8, 4) is 11.4 Å². The number of benzene rings is 2. The SMILES string of the molecule is O=C(N[C@H]1c2ccccc2OCC1O)[C@H](Cc1cccnc1)C[C@H](O)CN1CCN(Cc2ccn(-c3ccccc3C(F)(F)F)c2)C[C@H]1C(=O)NCC(F)(F)F. The monoisotopic (exact) mass is 788 g/mol. The molecule has 1 fully saturated rings. The molecule has 0 spiro atoms. The van der Waals surface area contributed by atoms with Crippen molar-refractivity contribution >= 4 is 11.8 Å². The molecule has 2 aliphatic heterocycles. The number of piperazine rings is 1. The Hall–Kier alpha value is -4.97. The normalized spacial score (nSPS) is 20.4. The molecule has 0 bridgehead atoms. The van der Waals surface area contributed by atoms with Gasteiger partial charge in [0.1, 0.15) is 31.0 Å². The number of pyridine rings is 1. The minimum Gasteiger partial charge on any atom is -0.490 e. The third-order valence-electron chi connectivity index (χ3n) is 9.91. The van der Waals surface area contributed by atoms with Gasteiger partial charge in [-0.1, -0.05) is 36.4 Å². The molecule has 1 saturated heterocycles. The number of carbonyl (C=O) groups is 2. The number of halogens is 6. The van der Waals surface area contributed by atoms with Gasteiger partial charge in [0.15, 0.2) is 0 Å². The van der Waals surface area contributed by atoms with Crippen molar-refractivity contribution in [3.05, 3.63) is 114 Å². The number of alkyl halides is 6. The summed E-state index contributed by atoms with van der Waals surface area (Å²) in [6.07, 6.45) is -5.23. The zero-order valence-corrected chi connectivity index (χ0v) is 30.1. The molecule has 6 rings (SSSR count). The molecule has 2 aliphatic rings. The summed E-state index contributed by atoms with van der Waals surface area (Å²) in [4.78, 5) is 34.7. The summed E-state index contributed by atoms with van der Waals surface area (Å²) < 4.78 is 87.4. The second-order valence-corrected chi connectivity index (χ2v) is 14.1. The molecule has 0 aliphatic carbocycles. The minimum absolute atomic E-state index is 0.0403. The van der Waals surface area contributed by atoms with E-state index in [9.17, 15) is 46.1 Å². The summed E-state index contributed by atoms with van der Waals surface area (Å²) in [5.74, 6) is -1.68. The first-order chi connectivity index (χ1) is 26.6. The molecule has 56 heavy (non-hydrogen) atoms. The van der Waals surface area contributed by atoms with Crippen molar-refractivity contribution in [2.45, 2.75) is 56.0 Å². The van der Waals surface area contributed by atoms with Crippen LogP contribution in [0, 0.1) is 5.92 Å². The first-order valence-corrected chi connectivity index (χ1v) is 18.1. The van der Waals surface area contributed by atoms with Crippen LogP contribution in [0.4, 0.5) is 26.3 Å². The first-order valence-electron chi connectivity index (χ1n) is 18.1. The number of aliphatic hydroxyl groups is 2. The van der Waals surface area contributed by atoms with E-state index in [4.69, 9.17) is 4.74 Å². The predicted molar refractivity (Wildman–Crippen MR) is 191 cm³/mol. The van der Waals surface area contributed by atoms with Gasteiger partial charge in [0.05, 0.1) is 23.4 Å². The Morgan fingerprint density at radius 1 is 0.964 bits per heavy atom. The van der Waals surface area contributed by atoms with Gasteiger partial charge in [0, 0.05) is 69.0 Å². The van der Waals surface area contributed by atoms with E-state index in [1.165, 1.54) is 35.2 Å². The number of ether oxygens (including phenoxy) is 1. The van der Waals surface area contributed by atoms with Crippen molar-refractivity contribution in [2.24, 2.45) is 5.92 Å². The second kappa shape index (κ2) is 17.4. The third kappa shape index (κ3) is 10.5. The van der Waals surface area contributed by atoms with E-state index in [-0.39, 0.29) is 51.3 Å². The van der Waals surface area contributed by atoms with Crippen molar-refractivity contribution in [2.75, 3.05) is 39.3 Å². The number of carbonyl (C=O) groups excluding carboxylic acids is 2. The molecule has 4 N–H and O–H groups in total. The standard InChI is InChI=1S/C39H42F6N6O5/c40-38(41,42)24-47-37(55)32-22-49(19-26-11-13-50(20-26)31-9-3-2-8-30(31)39(43,44)45)14-15-51(32)21-28(52)17-27(16-25-6-5-12-46-18-25)36(54)48-35-29-7-1-4-10-34(29)56-23-33(35)53/h1-13,18,20,27-28,32-33,35,52-53H,14-17,19,21-24H2,(H,47,55)(H,48,54)/t27-,28+,32+,33?,35+/m1/s1. The Morgan fingerprint density at radius 2 is 1.73 bits per heavy atom. The average Bonchev–Trinajstić information content (AvgIpc) is 3.63. The highest BCUT2D eigenvalue weighted by Crippen LogP contribution is 2.35.